The number of carboxylic acid groups (broad SMARTS) is 1. The van der Waals surface area contributed by atoms with E-state index in [9.17, 15) is 14.7 Å². The van der Waals surface area contributed by atoms with Crippen LogP contribution in [0, 0.1) is 11.8 Å². The minimum absolute atomic E-state index is 0.0433. The summed E-state index contributed by atoms with van der Waals surface area (Å²) in [6, 6.07) is 7.26. The lowest BCUT2D eigenvalue weighted by molar-refractivity contribution is -0.146. The number of hydrogen-bond donors (Lipinski definition) is 1. The molecule has 2 fully saturated rings. The Morgan fingerprint density at radius 2 is 2.00 bits per heavy atom. The van der Waals surface area contributed by atoms with Crippen molar-refractivity contribution in [2.24, 2.45) is 11.8 Å². The molecule has 5 heteroatoms. The fourth-order valence-electron chi connectivity index (χ4n) is 4.02. The van der Waals surface area contributed by atoms with Gasteiger partial charge in [-0.2, -0.15) is 0 Å². The van der Waals surface area contributed by atoms with E-state index >= 15 is 0 Å². The van der Waals surface area contributed by atoms with E-state index in [0.717, 1.165) is 19.3 Å². The van der Waals surface area contributed by atoms with Gasteiger partial charge in [0.25, 0.3) is 5.91 Å². The first-order chi connectivity index (χ1) is 10.6. The van der Waals surface area contributed by atoms with Crippen molar-refractivity contribution in [3.63, 3.8) is 0 Å². The van der Waals surface area contributed by atoms with Crippen LogP contribution in [0.2, 0.25) is 0 Å². The molecule has 3 rings (SSSR count). The topological polar surface area (TPSA) is 66.8 Å². The van der Waals surface area contributed by atoms with Gasteiger partial charge in [0.15, 0.2) is 0 Å². The summed E-state index contributed by atoms with van der Waals surface area (Å²) >= 11 is 0. The minimum Gasteiger partial charge on any atom is -0.496 e. The Bertz CT molecular complexity index is 586. The molecule has 1 aliphatic heterocycles. The van der Waals surface area contributed by atoms with Crippen molar-refractivity contribution in [3.8, 4) is 5.75 Å². The lowest BCUT2D eigenvalue weighted by Gasteiger charge is -2.41. The largest absolute Gasteiger partial charge is 0.496 e. The van der Waals surface area contributed by atoms with E-state index < -0.39 is 5.97 Å². The highest BCUT2D eigenvalue weighted by Gasteiger charge is 2.45. The molecule has 1 saturated heterocycles. The predicted molar refractivity (Wildman–Crippen MR) is 80.9 cm³/mol. The molecular formula is C17H21NO4. The maximum absolute atomic E-state index is 12.9. The summed E-state index contributed by atoms with van der Waals surface area (Å²) in [6.07, 6.45) is 3.33. The van der Waals surface area contributed by atoms with Crippen molar-refractivity contribution in [1.29, 1.82) is 0 Å². The van der Waals surface area contributed by atoms with E-state index in [-0.39, 0.29) is 23.8 Å². The third-order valence-electron chi connectivity index (χ3n) is 5.05. The molecule has 1 aromatic carbocycles. The number of carbonyl (C=O) groups is 2. The van der Waals surface area contributed by atoms with Crippen LogP contribution in [0.4, 0.5) is 0 Å². The number of carbonyl (C=O) groups excluding carboxylic acids is 1. The monoisotopic (exact) mass is 303 g/mol. The second-order valence-corrected chi connectivity index (χ2v) is 6.09. The number of carboxylic acids is 1. The van der Waals surface area contributed by atoms with Crippen LogP contribution in [0.25, 0.3) is 0 Å². The standard InChI is InChI=1S/C17H21NO4/c1-22-15-8-3-2-5-13(15)16(19)18-10-9-12(17(20)21)11-6-4-7-14(11)18/h2-3,5,8,11-12,14H,4,6-7,9-10H2,1H3,(H,20,21). The van der Waals surface area contributed by atoms with Gasteiger partial charge in [-0.05, 0) is 37.3 Å². The number of likely N-dealkylation sites (tertiary alicyclic amines) is 1. The third kappa shape index (κ3) is 2.45. The second-order valence-electron chi connectivity index (χ2n) is 6.09. The molecule has 118 valence electrons. The first-order valence-electron chi connectivity index (χ1n) is 7.80. The van der Waals surface area contributed by atoms with Crippen LogP contribution in [0.15, 0.2) is 24.3 Å². The van der Waals surface area contributed by atoms with Gasteiger partial charge in [-0.1, -0.05) is 18.6 Å². The molecule has 2 aliphatic rings. The van der Waals surface area contributed by atoms with Gasteiger partial charge in [0.2, 0.25) is 0 Å². The Morgan fingerprint density at radius 3 is 2.73 bits per heavy atom. The van der Waals surface area contributed by atoms with Crippen LogP contribution in [0.1, 0.15) is 36.0 Å². The highest BCUT2D eigenvalue weighted by molar-refractivity contribution is 5.97. The van der Waals surface area contributed by atoms with Crippen LogP contribution in [0.3, 0.4) is 0 Å². The van der Waals surface area contributed by atoms with E-state index in [2.05, 4.69) is 0 Å². The van der Waals surface area contributed by atoms with Gasteiger partial charge in [0.05, 0.1) is 18.6 Å². The number of rotatable bonds is 3. The highest BCUT2D eigenvalue weighted by atomic mass is 16.5. The first kappa shape index (κ1) is 14.9. The molecule has 1 heterocycles. The Hall–Kier alpha value is -2.04. The summed E-state index contributed by atoms with van der Waals surface area (Å²) in [5.74, 6) is -0.416. The zero-order valence-corrected chi connectivity index (χ0v) is 12.7. The Labute approximate surface area is 129 Å². The lowest BCUT2D eigenvalue weighted by Crippen LogP contribution is -2.51. The van der Waals surface area contributed by atoms with Crippen LogP contribution >= 0.6 is 0 Å². The summed E-state index contributed by atoms with van der Waals surface area (Å²) in [7, 11) is 1.56. The zero-order chi connectivity index (χ0) is 15.7. The lowest BCUT2D eigenvalue weighted by atomic mass is 9.81. The number of hydrogen-bond acceptors (Lipinski definition) is 3. The number of amides is 1. The Morgan fingerprint density at radius 1 is 1.23 bits per heavy atom. The van der Waals surface area contributed by atoms with Crippen molar-refractivity contribution in [2.75, 3.05) is 13.7 Å². The normalized spacial score (nSPS) is 27.3. The van der Waals surface area contributed by atoms with E-state index in [1.807, 2.05) is 17.0 Å². The number of aliphatic carboxylic acids is 1. The number of para-hydroxylation sites is 1. The molecule has 0 aromatic heterocycles. The molecule has 0 spiro atoms. The predicted octanol–water partition coefficient (Wildman–Crippen LogP) is 2.41. The fraction of sp³-hybridized carbons (Fsp3) is 0.529. The first-order valence-corrected chi connectivity index (χ1v) is 7.80. The molecule has 5 nitrogen and oxygen atoms in total. The second kappa shape index (κ2) is 5.99. The summed E-state index contributed by atoms with van der Waals surface area (Å²) in [5.41, 5.74) is 0.560. The van der Waals surface area contributed by atoms with Gasteiger partial charge in [-0.3, -0.25) is 9.59 Å². The highest BCUT2D eigenvalue weighted by Crippen LogP contribution is 2.41. The molecule has 1 saturated carbocycles. The van der Waals surface area contributed by atoms with Gasteiger partial charge in [0, 0.05) is 12.6 Å². The number of piperidine rings is 1. The Balaban J connectivity index is 1.86. The van der Waals surface area contributed by atoms with Crippen molar-refractivity contribution >= 4 is 11.9 Å². The average molecular weight is 303 g/mol. The van der Waals surface area contributed by atoms with Gasteiger partial charge in [0.1, 0.15) is 5.75 Å². The van der Waals surface area contributed by atoms with E-state index in [1.54, 1.807) is 19.2 Å². The molecule has 0 radical (unpaired) electrons. The molecule has 3 atom stereocenters. The zero-order valence-electron chi connectivity index (χ0n) is 12.7. The van der Waals surface area contributed by atoms with Gasteiger partial charge in [-0.25, -0.2) is 0 Å². The molecule has 0 bridgehead atoms. The van der Waals surface area contributed by atoms with Crippen molar-refractivity contribution < 1.29 is 19.4 Å². The van der Waals surface area contributed by atoms with Crippen LogP contribution in [-0.2, 0) is 4.79 Å². The van der Waals surface area contributed by atoms with Crippen molar-refractivity contribution in [3.05, 3.63) is 29.8 Å². The molecule has 22 heavy (non-hydrogen) atoms. The number of methoxy groups -OCH3 is 1. The summed E-state index contributed by atoms with van der Waals surface area (Å²) in [4.78, 5) is 26.2. The van der Waals surface area contributed by atoms with Gasteiger partial charge in [-0.15, -0.1) is 0 Å². The minimum atomic E-state index is -0.721. The maximum atomic E-state index is 12.9. The number of fused-ring (bicyclic) bond motifs is 1. The molecule has 3 unspecified atom stereocenters. The SMILES string of the molecule is COc1ccccc1C(=O)N1CCC(C(=O)O)C2CCCC21. The van der Waals surface area contributed by atoms with Crippen LogP contribution in [-0.4, -0.2) is 41.6 Å². The summed E-state index contributed by atoms with van der Waals surface area (Å²) in [5, 5.41) is 9.39. The summed E-state index contributed by atoms with van der Waals surface area (Å²) < 4.78 is 5.29. The van der Waals surface area contributed by atoms with Crippen LogP contribution in [0.5, 0.6) is 5.75 Å². The smallest absolute Gasteiger partial charge is 0.306 e. The molecular weight excluding hydrogens is 282 g/mol. The van der Waals surface area contributed by atoms with E-state index in [4.69, 9.17) is 4.74 Å². The number of ether oxygens (including phenoxy) is 1. The Kier molecular flexibility index (Phi) is 4.05. The number of nitrogens with zero attached hydrogens (tertiary/aromatic N) is 1. The van der Waals surface area contributed by atoms with Crippen molar-refractivity contribution in [2.45, 2.75) is 31.7 Å². The molecule has 1 amide bonds. The van der Waals surface area contributed by atoms with Crippen molar-refractivity contribution in [1.82, 2.24) is 4.90 Å². The fourth-order valence-corrected chi connectivity index (χ4v) is 4.02. The molecule has 1 N–H and O–H groups in total. The van der Waals surface area contributed by atoms with E-state index in [1.165, 1.54) is 0 Å². The van der Waals surface area contributed by atoms with Gasteiger partial charge < -0.3 is 14.7 Å². The van der Waals surface area contributed by atoms with Crippen LogP contribution < -0.4 is 4.74 Å². The molecule has 1 aromatic rings. The summed E-state index contributed by atoms with van der Waals surface area (Å²) in [6.45, 7) is 0.509. The average Bonchev–Trinajstić information content (AvgIpc) is 3.02. The maximum Gasteiger partial charge on any atom is 0.306 e. The third-order valence-corrected chi connectivity index (χ3v) is 5.05. The molecule has 1 aliphatic carbocycles. The quantitative estimate of drug-likeness (QED) is 0.931. The van der Waals surface area contributed by atoms with E-state index in [0.29, 0.717) is 24.3 Å². The number of benzene rings is 1. The van der Waals surface area contributed by atoms with Gasteiger partial charge >= 0.3 is 5.97 Å².